The molecule has 0 aromatic heterocycles. The lowest BCUT2D eigenvalue weighted by atomic mass is 10.0. The van der Waals surface area contributed by atoms with E-state index < -0.39 is 23.3 Å². The number of hydrogen-bond acceptors (Lipinski definition) is 2. The number of nitrogens with zero attached hydrogens (tertiary/aromatic N) is 2. The molecule has 0 spiro atoms. The summed E-state index contributed by atoms with van der Waals surface area (Å²) in [7, 11) is 0. The van der Waals surface area contributed by atoms with E-state index >= 15 is 0 Å². The first kappa shape index (κ1) is 22.2. The first-order valence-electron chi connectivity index (χ1n) is 11.0. The second kappa shape index (κ2) is 8.32. The maximum absolute atomic E-state index is 13.1. The van der Waals surface area contributed by atoms with Crippen molar-refractivity contribution in [3.05, 3.63) is 94.4 Å². The predicted molar refractivity (Wildman–Crippen MR) is 119 cm³/mol. The normalized spacial score (nSPS) is 30.3. The SMILES string of the molecule is N/C(=N\O)[C@@H]1[C@H]2C=C(c3ccc(F)c(F)c3)C[C@H]21.[C-]#[N+][C@@H]1[C@H]2C=C(c3ccc(F)c(F)c3)C[C@H]21. The minimum absolute atomic E-state index is 0.101. The predicted octanol–water partition coefficient (Wildman–Crippen LogP) is 5.65. The minimum atomic E-state index is -0.836. The molecule has 2 fully saturated rings. The first-order chi connectivity index (χ1) is 16.3. The summed E-state index contributed by atoms with van der Waals surface area (Å²) in [5.41, 5.74) is 9.07. The largest absolute Gasteiger partial charge is 0.409 e. The summed E-state index contributed by atoms with van der Waals surface area (Å²) in [6, 6.07) is 8.05. The number of rotatable bonds is 3. The van der Waals surface area contributed by atoms with E-state index in [2.05, 4.69) is 10.0 Å². The second-order valence-electron chi connectivity index (χ2n) is 9.20. The summed E-state index contributed by atoms with van der Waals surface area (Å²) < 4.78 is 51.7. The Morgan fingerprint density at radius 1 is 0.853 bits per heavy atom. The zero-order chi connectivity index (χ0) is 24.1. The maximum Gasteiger partial charge on any atom is 0.234 e. The topological polar surface area (TPSA) is 63.0 Å². The molecule has 0 aliphatic heterocycles. The number of benzene rings is 2. The van der Waals surface area contributed by atoms with Gasteiger partial charge < -0.3 is 15.8 Å². The Morgan fingerprint density at radius 2 is 1.38 bits per heavy atom. The van der Waals surface area contributed by atoms with E-state index in [0.717, 1.165) is 41.7 Å². The molecule has 3 N–H and O–H groups in total. The van der Waals surface area contributed by atoms with Crippen LogP contribution in [0.2, 0.25) is 0 Å². The molecule has 4 aliphatic carbocycles. The van der Waals surface area contributed by atoms with E-state index in [1.54, 1.807) is 12.1 Å². The average molecular weight is 467 g/mol. The summed E-state index contributed by atoms with van der Waals surface area (Å²) >= 11 is 0. The molecular formula is C26H21F4N3O. The van der Waals surface area contributed by atoms with Gasteiger partial charge in [0.15, 0.2) is 23.3 Å². The van der Waals surface area contributed by atoms with Gasteiger partial charge in [-0.25, -0.2) is 24.1 Å². The van der Waals surface area contributed by atoms with Gasteiger partial charge in [0.1, 0.15) is 5.84 Å². The van der Waals surface area contributed by atoms with Crippen molar-refractivity contribution in [2.24, 2.45) is 40.5 Å². The lowest BCUT2D eigenvalue weighted by molar-refractivity contribution is 0.316. The smallest absolute Gasteiger partial charge is 0.234 e. The van der Waals surface area contributed by atoms with Crippen molar-refractivity contribution in [3.63, 3.8) is 0 Å². The number of oxime groups is 1. The Labute approximate surface area is 193 Å². The Bertz CT molecular complexity index is 1300. The van der Waals surface area contributed by atoms with E-state index in [9.17, 15) is 17.6 Å². The molecule has 8 heteroatoms. The Kier molecular flexibility index (Phi) is 5.43. The second-order valence-corrected chi connectivity index (χ2v) is 9.20. The van der Waals surface area contributed by atoms with Gasteiger partial charge in [0.2, 0.25) is 6.04 Å². The lowest BCUT2D eigenvalue weighted by Gasteiger charge is -2.06. The van der Waals surface area contributed by atoms with Crippen molar-refractivity contribution in [3.8, 4) is 0 Å². The quantitative estimate of drug-likeness (QED) is 0.153. The summed E-state index contributed by atoms with van der Waals surface area (Å²) in [4.78, 5) is 3.52. The minimum Gasteiger partial charge on any atom is -0.409 e. The molecule has 4 nitrogen and oxygen atoms in total. The van der Waals surface area contributed by atoms with Gasteiger partial charge in [0.05, 0.1) is 11.8 Å². The van der Waals surface area contributed by atoms with E-state index in [1.807, 2.05) is 12.2 Å². The van der Waals surface area contributed by atoms with Crippen LogP contribution in [-0.4, -0.2) is 17.1 Å². The molecule has 0 saturated heterocycles. The molecule has 4 aliphatic rings. The fourth-order valence-corrected chi connectivity index (χ4v) is 5.34. The van der Waals surface area contributed by atoms with Gasteiger partial charge in [-0.3, -0.25) is 0 Å². The fourth-order valence-electron chi connectivity index (χ4n) is 5.34. The summed E-state index contributed by atoms with van der Waals surface area (Å²) in [5, 5.41) is 11.6. The monoisotopic (exact) mass is 467 g/mol. The van der Waals surface area contributed by atoms with Gasteiger partial charge in [-0.1, -0.05) is 29.4 Å². The molecule has 6 rings (SSSR count). The van der Waals surface area contributed by atoms with Crippen LogP contribution in [0.5, 0.6) is 0 Å². The van der Waals surface area contributed by atoms with Crippen molar-refractivity contribution in [1.29, 1.82) is 0 Å². The molecule has 2 aromatic rings. The summed E-state index contributed by atoms with van der Waals surface area (Å²) in [5.74, 6) is -1.56. The van der Waals surface area contributed by atoms with Crippen molar-refractivity contribution in [2.75, 3.05) is 0 Å². The lowest BCUT2D eigenvalue weighted by Crippen LogP contribution is -2.16. The van der Waals surface area contributed by atoms with Crippen LogP contribution >= 0.6 is 0 Å². The van der Waals surface area contributed by atoms with Gasteiger partial charge in [-0.05, 0) is 71.2 Å². The van der Waals surface area contributed by atoms with Crippen LogP contribution in [0, 0.1) is 59.4 Å². The standard InChI is InChI=1S/C13H12F2N2O.C13H9F2N/c14-10-2-1-6(5-11(10)15)7-3-8-9(4-7)12(8)13(16)17-18;1-16-13-9-4-8(5-10(9)13)7-2-3-11(14)12(15)6-7/h1-3,5,8-9,12,18H,4H2,(H2,16,17);2-4,6,9-10,13H,5H2/t8-,9+,12+;9-,10+,13+/m00/s1. The zero-order valence-corrected chi connectivity index (χ0v) is 17.9. The number of fused-ring (bicyclic) bond motifs is 2. The molecule has 0 amide bonds. The van der Waals surface area contributed by atoms with Crippen LogP contribution in [0.15, 0.2) is 53.7 Å². The summed E-state index contributed by atoms with van der Waals surface area (Å²) in [6.07, 6.45) is 5.64. The van der Waals surface area contributed by atoms with E-state index in [1.165, 1.54) is 12.1 Å². The number of amidine groups is 1. The van der Waals surface area contributed by atoms with Crippen molar-refractivity contribution in [2.45, 2.75) is 18.9 Å². The number of nitrogens with two attached hydrogens (primary N) is 1. The molecule has 0 radical (unpaired) electrons. The van der Waals surface area contributed by atoms with E-state index in [4.69, 9.17) is 17.5 Å². The fraction of sp³-hybridized carbons (Fsp3) is 0.308. The number of allylic oxidation sites excluding steroid dienone is 3. The maximum atomic E-state index is 13.1. The first-order valence-corrected chi connectivity index (χ1v) is 11.0. The molecule has 2 saturated carbocycles. The molecule has 0 unspecified atom stereocenters. The van der Waals surface area contributed by atoms with Gasteiger partial charge >= 0.3 is 0 Å². The van der Waals surface area contributed by atoms with Gasteiger partial charge in [-0.15, -0.1) is 0 Å². The highest BCUT2D eigenvalue weighted by molar-refractivity contribution is 5.88. The third-order valence-corrected chi connectivity index (χ3v) is 7.30. The van der Waals surface area contributed by atoms with Crippen LogP contribution < -0.4 is 5.73 Å². The summed E-state index contributed by atoms with van der Waals surface area (Å²) in [6.45, 7) is 6.94. The van der Waals surface area contributed by atoms with Crippen LogP contribution in [-0.2, 0) is 0 Å². The van der Waals surface area contributed by atoms with Crippen LogP contribution in [0.1, 0.15) is 24.0 Å². The molecule has 174 valence electrons. The zero-order valence-electron chi connectivity index (χ0n) is 17.9. The molecule has 34 heavy (non-hydrogen) atoms. The van der Waals surface area contributed by atoms with Crippen LogP contribution in [0.25, 0.3) is 16.0 Å². The van der Waals surface area contributed by atoms with E-state index in [0.29, 0.717) is 23.3 Å². The highest BCUT2D eigenvalue weighted by Gasteiger charge is 2.59. The van der Waals surface area contributed by atoms with Crippen LogP contribution in [0.3, 0.4) is 0 Å². The van der Waals surface area contributed by atoms with Crippen molar-refractivity contribution in [1.82, 2.24) is 0 Å². The third-order valence-electron chi connectivity index (χ3n) is 7.30. The number of hydrogen-bond donors (Lipinski definition) is 2. The molecule has 0 bridgehead atoms. The number of halogens is 4. The van der Waals surface area contributed by atoms with E-state index in [-0.39, 0.29) is 23.7 Å². The highest BCUT2D eigenvalue weighted by Crippen LogP contribution is 2.58. The molecule has 0 heterocycles. The Morgan fingerprint density at radius 3 is 1.76 bits per heavy atom. The molecule has 6 atom stereocenters. The van der Waals surface area contributed by atoms with Gasteiger partial charge in [0, 0.05) is 5.92 Å². The van der Waals surface area contributed by atoms with Crippen LogP contribution in [0.4, 0.5) is 17.6 Å². The third kappa shape index (κ3) is 3.85. The molecular weight excluding hydrogens is 446 g/mol. The van der Waals surface area contributed by atoms with Crippen molar-refractivity contribution >= 4 is 17.0 Å². The highest BCUT2D eigenvalue weighted by atomic mass is 19.2. The average Bonchev–Trinajstić information content (AvgIpc) is 3.54. The molecule has 2 aromatic carbocycles. The Hall–Kier alpha value is -3.60. The van der Waals surface area contributed by atoms with Gasteiger partial charge in [-0.2, -0.15) is 0 Å². The van der Waals surface area contributed by atoms with Gasteiger partial charge in [0.25, 0.3) is 0 Å². The Balaban J connectivity index is 0.000000142. The van der Waals surface area contributed by atoms with Crippen molar-refractivity contribution < 1.29 is 22.8 Å².